The van der Waals surface area contributed by atoms with Gasteiger partial charge in [-0.05, 0) is 59.4 Å². The third kappa shape index (κ3) is 11.6. The monoisotopic (exact) mass is 726 g/mol. The number of nitrogens with two attached hydrogens (primary N) is 1. The Labute approximate surface area is 318 Å². The van der Waals surface area contributed by atoms with Gasteiger partial charge in [0.05, 0.1) is 30.2 Å². The molecule has 3 unspecified atom stereocenters. The molecule has 2 amide bonds. The lowest BCUT2D eigenvalue weighted by Crippen LogP contribution is -2.39. The summed E-state index contributed by atoms with van der Waals surface area (Å²) >= 11 is 0. The minimum absolute atomic E-state index is 0.0127. The molecule has 0 saturated carbocycles. The van der Waals surface area contributed by atoms with Crippen LogP contribution in [0, 0.1) is 0 Å². The standard InChI is InChI=1S/C45H50N4O5/c46-40-16-10-11-17-41(40)48-44(52)19-9-3-8-18-43(51)47-38-26-24-37(25-27-38)45-53-39(28-42(54-45)36-22-20-35(32-50)21-23-36)31-49(29-33-12-4-1-5-13-33)30-34-14-6-2-7-15-34/h1-2,4-7,10-17,20-27,39,42,45,50H,3,8-9,18-19,28-32,46H2,(H,47,51)(H,48,52). The Bertz CT molecular complexity index is 1860. The maximum Gasteiger partial charge on any atom is 0.224 e. The highest BCUT2D eigenvalue weighted by Gasteiger charge is 2.33. The molecular weight excluding hydrogens is 677 g/mol. The van der Waals surface area contributed by atoms with Crippen LogP contribution < -0.4 is 16.4 Å². The molecule has 1 saturated heterocycles. The highest BCUT2D eigenvalue weighted by atomic mass is 16.7. The summed E-state index contributed by atoms with van der Waals surface area (Å²) < 4.78 is 13.3. The second-order valence-corrected chi connectivity index (χ2v) is 13.9. The molecule has 5 N–H and O–H groups in total. The normalized spacial score (nSPS) is 16.9. The third-order valence-corrected chi connectivity index (χ3v) is 9.58. The minimum atomic E-state index is -0.609. The first-order valence-electron chi connectivity index (χ1n) is 18.8. The van der Waals surface area contributed by atoms with Crippen molar-refractivity contribution in [3.63, 3.8) is 0 Å². The average Bonchev–Trinajstić information content (AvgIpc) is 3.19. The molecule has 1 aliphatic heterocycles. The number of ether oxygens (including phenoxy) is 2. The van der Waals surface area contributed by atoms with Gasteiger partial charge in [-0.1, -0.05) is 116 Å². The van der Waals surface area contributed by atoms with Gasteiger partial charge in [0.25, 0.3) is 0 Å². The Morgan fingerprint density at radius 1 is 0.648 bits per heavy atom. The van der Waals surface area contributed by atoms with Crippen molar-refractivity contribution in [2.24, 2.45) is 0 Å². The summed E-state index contributed by atoms with van der Waals surface area (Å²) in [6.45, 7) is 2.26. The van der Waals surface area contributed by atoms with Crippen molar-refractivity contribution in [1.82, 2.24) is 4.90 Å². The molecule has 9 nitrogen and oxygen atoms in total. The molecular formula is C45H50N4O5. The molecule has 1 fully saturated rings. The van der Waals surface area contributed by atoms with Gasteiger partial charge in [0.2, 0.25) is 11.8 Å². The molecule has 5 aromatic rings. The fourth-order valence-electron chi connectivity index (χ4n) is 6.71. The number of hydrogen-bond acceptors (Lipinski definition) is 7. The van der Waals surface area contributed by atoms with Gasteiger partial charge in [-0.2, -0.15) is 0 Å². The van der Waals surface area contributed by atoms with E-state index in [4.69, 9.17) is 15.2 Å². The number of carbonyl (C=O) groups excluding carboxylic acids is 2. The first kappa shape index (κ1) is 38.4. The van der Waals surface area contributed by atoms with E-state index in [0.717, 1.165) is 36.2 Å². The molecule has 0 spiro atoms. The second kappa shape index (κ2) is 19.7. The highest BCUT2D eigenvalue weighted by Crippen LogP contribution is 2.38. The molecule has 0 aromatic heterocycles. The van der Waals surface area contributed by atoms with E-state index in [1.165, 1.54) is 11.1 Å². The number of unbranched alkanes of at least 4 members (excludes halogenated alkanes) is 2. The third-order valence-electron chi connectivity index (χ3n) is 9.58. The molecule has 6 rings (SSSR count). The van der Waals surface area contributed by atoms with Crippen molar-refractivity contribution >= 4 is 28.9 Å². The maximum absolute atomic E-state index is 12.8. The summed E-state index contributed by atoms with van der Waals surface area (Å²) in [6, 6.07) is 43.7. The predicted molar refractivity (Wildman–Crippen MR) is 213 cm³/mol. The Hall–Kier alpha value is -5.32. The number of nitrogen functional groups attached to an aromatic ring is 1. The number of carbonyl (C=O) groups is 2. The van der Waals surface area contributed by atoms with E-state index < -0.39 is 6.29 Å². The van der Waals surface area contributed by atoms with Crippen molar-refractivity contribution in [2.45, 2.75) is 76.7 Å². The smallest absolute Gasteiger partial charge is 0.224 e. The van der Waals surface area contributed by atoms with Crippen LogP contribution in [0.4, 0.5) is 17.1 Å². The van der Waals surface area contributed by atoms with Crippen LogP contribution in [0.2, 0.25) is 0 Å². The quantitative estimate of drug-likeness (QED) is 0.0559. The maximum atomic E-state index is 12.8. The lowest BCUT2D eigenvalue weighted by atomic mass is 9.99. The van der Waals surface area contributed by atoms with Crippen molar-refractivity contribution in [3.05, 3.63) is 161 Å². The van der Waals surface area contributed by atoms with Gasteiger partial charge in [-0.3, -0.25) is 14.5 Å². The van der Waals surface area contributed by atoms with Gasteiger partial charge < -0.3 is 30.9 Å². The molecule has 0 radical (unpaired) electrons. The number of hydrogen-bond donors (Lipinski definition) is 4. The Morgan fingerprint density at radius 2 is 1.22 bits per heavy atom. The average molecular weight is 727 g/mol. The second-order valence-electron chi connectivity index (χ2n) is 13.9. The minimum Gasteiger partial charge on any atom is -0.397 e. The number of anilines is 3. The summed E-state index contributed by atoms with van der Waals surface area (Å²) in [5, 5.41) is 15.5. The summed E-state index contributed by atoms with van der Waals surface area (Å²) in [6.07, 6.45) is 2.60. The van der Waals surface area contributed by atoms with Crippen LogP contribution in [0.3, 0.4) is 0 Å². The van der Waals surface area contributed by atoms with Crippen LogP contribution in [0.25, 0.3) is 0 Å². The number of nitrogens with zero attached hydrogens (tertiary/aromatic N) is 1. The van der Waals surface area contributed by atoms with Crippen LogP contribution in [-0.2, 0) is 38.8 Å². The van der Waals surface area contributed by atoms with Crippen LogP contribution in [-0.4, -0.2) is 34.5 Å². The number of rotatable bonds is 17. The SMILES string of the molecule is Nc1ccccc1NC(=O)CCCCCC(=O)Nc1ccc(C2OC(CN(Cc3ccccc3)Cc3ccccc3)CC(c3ccc(CO)cc3)O2)cc1. The van der Waals surface area contributed by atoms with E-state index in [1.807, 2.05) is 72.8 Å². The molecule has 3 atom stereocenters. The van der Waals surface area contributed by atoms with Gasteiger partial charge in [0.1, 0.15) is 0 Å². The van der Waals surface area contributed by atoms with Crippen molar-refractivity contribution < 1.29 is 24.2 Å². The largest absolute Gasteiger partial charge is 0.397 e. The lowest BCUT2D eigenvalue weighted by Gasteiger charge is -2.38. The Morgan fingerprint density at radius 3 is 1.83 bits per heavy atom. The summed E-state index contributed by atoms with van der Waals surface area (Å²) in [4.78, 5) is 27.5. The van der Waals surface area contributed by atoms with Crippen LogP contribution in [0.15, 0.2) is 133 Å². The number of amides is 2. The molecule has 54 heavy (non-hydrogen) atoms. The number of aliphatic hydroxyl groups excluding tert-OH is 1. The Balaban J connectivity index is 1.06. The lowest BCUT2D eigenvalue weighted by molar-refractivity contribution is -0.253. The zero-order valence-electron chi connectivity index (χ0n) is 30.6. The predicted octanol–water partition coefficient (Wildman–Crippen LogP) is 8.54. The summed E-state index contributed by atoms with van der Waals surface area (Å²) in [5.74, 6) is -0.157. The highest BCUT2D eigenvalue weighted by molar-refractivity contribution is 5.93. The summed E-state index contributed by atoms with van der Waals surface area (Å²) in [5.41, 5.74) is 13.0. The molecule has 1 aliphatic rings. The zero-order valence-corrected chi connectivity index (χ0v) is 30.6. The van der Waals surface area contributed by atoms with E-state index in [9.17, 15) is 14.7 Å². The number of aliphatic hydroxyl groups is 1. The number of benzene rings is 5. The van der Waals surface area contributed by atoms with E-state index in [2.05, 4.69) is 64.1 Å². The number of para-hydroxylation sites is 2. The molecule has 280 valence electrons. The molecule has 1 heterocycles. The van der Waals surface area contributed by atoms with E-state index in [-0.39, 0.29) is 30.6 Å². The first-order valence-corrected chi connectivity index (χ1v) is 18.8. The van der Waals surface area contributed by atoms with E-state index in [1.54, 1.807) is 12.1 Å². The zero-order chi connectivity index (χ0) is 37.5. The van der Waals surface area contributed by atoms with Gasteiger partial charge in [-0.15, -0.1) is 0 Å². The van der Waals surface area contributed by atoms with E-state index in [0.29, 0.717) is 55.7 Å². The van der Waals surface area contributed by atoms with Gasteiger partial charge in [-0.25, -0.2) is 0 Å². The van der Waals surface area contributed by atoms with Gasteiger partial charge in [0, 0.05) is 50.1 Å². The van der Waals surface area contributed by atoms with E-state index >= 15 is 0 Å². The topological polar surface area (TPSA) is 126 Å². The fourth-order valence-corrected chi connectivity index (χ4v) is 6.71. The van der Waals surface area contributed by atoms with Crippen molar-refractivity contribution in [2.75, 3.05) is 22.9 Å². The molecule has 5 aromatic carbocycles. The Kier molecular flexibility index (Phi) is 14.0. The van der Waals surface area contributed by atoms with Crippen molar-refractivity contribution in [1.29, 1.82) is 0 Å². The van der Waals surface area contributed by atoms with Gasteiger partial charge >= 0.3 is 0 Å². The molecule has 0 bridgehead atoms. The van der Waals surface area contributed by atoms with Crippen LogP contribution >= 0.6 is 0 Å². The van der Waals surface area contributed by atoms with Gasteiger partial charge in [0.15, 0.2) is 6.29 Å². The van der Waals surface area contributed by atoms with Crippen LogP contribution in [0.5, 0.6) is 0 Å². The molecule has 9 heteroatoms. The van der Waals surface area contributed by atoms with Crippen LogP contribution in [0.1, 0.15) is 78.7 Å². The fraction of sp³-hybridized carbons (Fsp3) is 0.289. The summed E-state index contributed by atoms with van der Waals surface area (Å²) in [7, 11) is 0. The first-order chi connectivity index (χ1) is 26.4. The van der Waals surface area contributed by atoms with Crippen molar-refractivity contribution in [3.8, 4) is 0 Å². The molecule has 0 aliphatic carbocycles. The number of nitrogens with one attached hydrogen (secondary N) is 2.